The Morgan fingerprint density at radius 1 is 1.19 bits per heavy atom. The first kappa shape index (κ1) is 15.8. The normalized spacial score (nSPS) is 17.5. The van der Waals surface area contributed by atoms with Crippen molar-refractivity contribution >= 4 is 11.6 Å². The highest BCUT2D eigenvalue weighted by Gasteiger charge is 2.17. The zero-order valence-corrected chi connectivity index (χ0v) is 13.2. The number of rotatable bonds is 6. The van der Waals surface area contributed by atoms with Crippen molar-refractivity contribution in [1.82, 2.24) is 10.2 Å². The minimum atomic E-state index is 0.149. The van der Waals surface area contributed by atoms with E-state index in [9.17, 15) is 4.79 Å². The fraction of sp³-hybridized carbons (Fsp3) is 0.588. The average molecular weight is 289 g/mol. The maximum atomic E-state index is 11.3. The molecule has 0 bridgehead atoms. The SMILES string of the molecule is CCC(=O)N[C@@H](C)CCN1CCN(c2ccccc2)CC1. The summed E-state index contributed by atoms with van der Waals surface area (Å²) in [4.78, 5) is 16.3. The van der Waals surface area contributed by atoms with Crippen LogP contribution in [-0.4, -0.2) is 49.6 Å². The lowest BCUT2D eigenvalue weighted by Gasteiger charge is -2.36. The molecule has 1 fully saturated rings. The minimum Gasteiger partial charge on any atom is -0.369 e. The molecule has 4 nitrogen and oxygen atoms in total. The highest BCUT2D eigenvalue weighted by atomic mass is 16.1. The van der Waals surface area contributed by atoms with Crippen LogP contribution in [-0.2, 0) is 4.79 Å². The van der Waals surface area contributed by atoms with Crippen molar-refractivity contribution in [1.29, 1.82) is 0 Å². The van der Waals surface area contributed by atoms with E-state index in [-0.39, 0.29) is 11.9 Å². The van der Waals surface area contributed by atoms with Crippen molar-refractivity contribution in [2.75, 3.05) is 37.6 Å². The molecule has 0 aromatic heterocycles. The number of hydrogen-bond acceptors (Lipinski definition) is 3. The molecule has 0 saturated carbocycles. The Morgan fingerprint density at radius 3 is 2.48 bits per heavy atom. The number of nitrogens with zero attached hydrogens (tertiary/aromatic N) is 2. The summed E-state index contributed by atoms with van der Waals surface area (Å²) in [5.41, 5.74) is 1.32. The van der Waals surface area contributed by atoms with Crippen LogP contribution in [0, 0.1) is 0 Å². The van der Waals surface area contributed by atoms with Crippen molar-refractivity contribution in [2.45, 2.75) is 32.7 Å². The zero-order chi connectivity index (χ0) is 15.1. The number of para-hydroxylation sites is 1. The van der Waals surface area contributed by atoms with Gasteiger partial charge in [-0.05, 0) is 25.5 Å². The van der Waals surface area contributed by atoms with Gasteiger partial charge in [0.05, 0.1) is 0 Å². The molecule has 116 valence electrons. The molecule has 1 amide bonds. The lowest BCUT2D eigenvalue weighted by atomic mass is 10.2. The second-order valence-electron chi connectivity index (χ2n) is 5.78. The van der Waals surface area contributed by atoms with Crippen LogP contribution < -0.4 is 10.2 Å². The number of carbonyl (C=O) groups excluding carboxylic acids is 1. The molecule has 0 aliphatic carbocycles. The van der Waals surface area contributed by atoms with E-state index in [1.54, 1.807) is 0 Å². The van der Waals surface area contributed by atoms with Gasteiger partial charge in [-0.1, -0.05) is 25.1 Å². The van der Waals surface area contributed by atoms with Gasteiger partial charge in [0.15, 0.2) is 0 Å². The van der Waals surface area contributed by atoms with E-state index < -0.39 is 0 Å². The molecule has 1 aromatic carbocycles. The lowest BCUT2D eigenvalue weighted by Crippen LogP contribution is -2.47. The third-order valence-corrected chi connectivity index (χ3v) is 4.10. The summed E-state index contributed by atoms with van der Waals surface area (Å²) in [6.07, 6.45) is 1.59. The number of benzene rings is 1. The molecule has 1 saturated heterocycles. The Bertz CT molecular complexity index is 427. The quantitative estimate of drug-likeness (QED) is 0.871. The minimum absolute atomic E-state index is 0.149. The number of carbonyl (C=O) groups is 1. The van der Waals surface area contributed by atoms with Gasteiger partial charge in [-0.2, -0.15) is 0 Å². The summed E-state index contributed by atoms with van der Waals surface area (Å²) in [7, 11) is 0. The maximum Gasteiger partial charge on any atom is 0.219 e. The van der Waals surface area contributed by atoms with Crippen LogP contribution in [0.1, 0.15) is 26.7 Å². The van der Waals surface area contributed by atoms with E-state index >= 15 is 0 Å². The first-order valence-corrected chi connectivity index (χ1v) is 8.00. The van der Waals surface area contributed by atoms with Gasteiger partial charge in [-0.3, -0.25) is 9.69 Å². The highest BCUT2D eigenvalue weighted by molar-refractivity contribution is 5.75. The number of hydrogen-bond donors (Lipinski definition) is 1. The molecule has 1 atom stereocenters. The fourth-order valence-electron chi connectivity index (χ4n) is 2.69. The second kappa shape index (κ2) is 8.03. The molecule has 1 aliphatic heterocycles. The standard InChI is InChI=1S/C17H27N3O/c1-3-17(21)18-15(2)9-10-19-11-13-20(14-12-19)16-7-5-4-6-8-16/h4-8,15H,3,9-14H2,1-2H3,(H,18,21)/t15-/m0/s1. The Balaban J connectivity index is 1.68. The zero-order valence-electron chi connectivity index (χ0n) is 13.2. The third-order valence-electron chi connectivity index (χ3n) is 4.10. The predicted octanol–water partition coefficient (Wildman–Crippen LogP) is 2.11. The van der Waals surface area contributed by atoms with Gasteiger partial charge < -0.3 is 10.2 Å². The van der Waals surface area contributed by atoms with E-state index in [4.69, 9.17) is 0 Å². The van der Waals surface area contributed by atoms with Gasteiger partial charge >= 0.3 is 0 Å². The molecule has 0 spiro atoms. The van der Waals surface area contributed by atoms with E-state index in [0.717, 1.165) is 39.1 Å². The van der Waals surface area contributed by atoms with E-state index in [2.05, 4.69) is 52.4 Å². The lowest BCUT2D eigenvalue weighted by molar-refractivity contribution is -0.121. The summed E-state index contributed by atoms with van der Waals surface area (Å²) in [6, 6.07) is 10.9. The number of anilines is 1. The van der Waals surface area contributed by atoms with E-state index in [1.807, 2.05) is 6.92 Å². The van der Waals surface area contributed by atoms with Crippen molar-refractivity contribution in [2.24, 2.45) is 0 Å². The van der Waals surface area contributed by atoms with Crippen LogP contribution in [0.2, 0.25) is 0 Å². The molecular weight excluding hydrogens is 262 g/mol. The van der Waals surface area contributed by atoms with Gasteiger partial charge in [0, 0.05) is 50.9 Å². The van der Waals surface area contributed by atoms with Crippen molar-refractivity contribution < 1.29 is 4.79 Å². The second-order valence-corrected chi connectivity index (χ2v) is 5.78. The van der Waals surface area contributed by atoms with Crippen LogP contribution in [0.3, 0.4) is 0 Å². The van der Waals surface area contributed by atoms with Gasteiger partial charge in [-0.15, -0.1) is 0 Å². The Kier molecular flexibility index (Phi) is 6.05. The number of piperazine rings is 1. The van der Waals surface area contributed by atoms with Gasteiger partial charge in [0.25, 0.3) is 0 Å². The van der Waals surface area contributed by atoms with Crippen LogP contribution >= 0.6 is 0 Å². The molecule has 0 radical (unpaired) electrons. The topological polar surface area (TPSA) is 35.6 Å². The Labute approximate surface area is 128 Å². The van der Waals surface area contributed by atoms with Crippen molar-refractivity contribution in [3.63, 3.8) is 0 Å². The summed E-state index contributed by atoms with van der Waals surface area (Å²) in [5.74, 6) is 0.149. The van der Waals surface area contributed by atoms with Crippen LogP contribution in [0.4, 0.5) is 5.69 Å². The van der Waals surface area contributed by atoms with Gasteiger partial charge in [0.2, 0.25) is 5.91 Å². The molecule has 0 unspecified atom stereocenters. The Hall–Kier alpha value is -1.55. The first-order valence-electron chi connectivity index (χ1n) is 8.00. The van der Waals surface area contributed by atoms with Crippen LogP contribution in [0.5, 0.6) is 0 Å². The third kappa shape index (κ3) is 5.05. The predicted molar refractivity (Wildman–Crippen MR) is 87.6 cm³/mol. The molecule has 1 aromatic rings. The Morgan fingerprint density at radius 2 is 1.86 bits per heavy atom. The monoisotopic (exact) mass is 289 g/mol. The van der Waals surface area contributed by atoms with Crippen molar-refractivity contribution in [3.05, 3.63) is 30.3 Å². The largest absolute Gasteiger partial charge is 0.369 e. The van der Waals surface area contributed by atoms with Gasteiger partial charge in [-0.25, -0.2) is 0 Å². The molecule has 1 heterocycles. The van der Waals surface area contributed by atoms with Crippen molar-refractivity contribution in [3.8, 4) is 0 Å². The molecule has 1 aliphatic rings. The van der Waals surface area contributed by atoms with Gasteiger partial charge in [0.1, 0.15) is 0 Å². The summed E-state index contributed by atoms with van der Waals surface area (Å²) in [5, 5.41) is 3.03. The molecule has 2 rings (SSSR count). The van der Waals surface area contributed by atoms with E-state index in [0.29, 0.717) is 6.42 Å². The van der Waals surface area contributed by atoms with E-state index in [1.165, 1.54) is 5.69 Å². The first-order chi connectivity index (χ1) is 10.2. The molecule has 21 heavy (non-hydrogen) atoms. The summed E-state index contributed by atoms with van der Waals surface area (Å²) in [6.45, 7) is 9.42. The summed E-state index contributed by atoms with van der Waals surface area (Å²) < 4.78 is 0. The highest BCUT2D eigenvalue weighted by Crippen LogP contribution is 2.15. The molecule has 1 N–H and O–H groups in total. The smallest absolute Gasteiger partial charge is 0.219 e. The average Bonchev–Trinajstić information content (AvgIpc) is 2.54. The molecular formula is C17H27N3O. The molecule has 4 heteroatoms. The number of amides is 1. The maximum absolute atomic E-state index is 11.3. The number of nitrogens with one attached hydrogen (secondary N) is 1. The van der Waals surface area contributed by atoms with Crippen LogP contribution in [0.25, 0.3) is 0 Å². The van der Waals surface area contributed by atoms with Crippen LogP contribution in [0.15, 0.2) is 30.3 Å². The fourth-order valence-corrected chi connectivity index (χ4v) is 2.69. The summed E-state index contributed by atoms with van der Waals surface area (Å²) >= 11 is 0.